The molecule has 0 fully saturated rings. The van der Waals surface area contributed by atoms with Gasteiger partial charge in [-0.1, -0.05) is 12.1 Å². The summed E-state index contributed by atoms with van der Waals surface area (Å²) in [5.41, 5.74) is 1.54. The fraction of sp³-hybridized carbons (Fsp3) is 0.160. The van der Waals surface area contributed by atoms with Crippen molar-refractivity contribution in [2.45, 2.75) is 24.7 Å². The molecular weight excluding hydrogens is 495 g/mol. The van der Waals surface area contributed by atoms with Crippen LogP contribution in [0.25, 0.3) is 11.3 Å². The summed E-state index contributed by atoms with van der Waals surface area (Å²) in [6, 6.07) is 14.5. The number of hydrogen-bond donors (Lipinski definition) is 1. The highest BCUT2D eigenvalue weighted by Crippen LogP contribution is 2.31. The lowest BCUT2D eigenvalue weighted by atomic mass is 10.1. The summed E-state index contributed by atoms with van der Waals surface area (Å²) < 4.78 is 77.3. The van der Waals surface area contributed by atoms with E-state index in [4.69, 9.17) is 4.74 Å². The smallest absolute Gasteiger partial charge is 0.387 e. The molecule has 1 N–H and O–H groups in total. The van der Waals surface area contributed by atoms with Gasteiger partial charge in [-0.2, -0.15) is 8.78 Å². The highest BCUT2D eigenvalue weighted by Gasteiger charge is 2.23. The zero-order chi connectivity index (χ0) is 25.7. The van der Waals surface area contributed by atoms with Crippen LogP contribution in [0.5, 0.6) is 11.5 Å². The Hall–Kier alpha value is -3.83. The van der Waals surface area contributed by atoms with Crippen LogP contribution in [0.4, 0.5) is 13.2 Å². The second-order valence-electron chi connectivity index (χ2n) is 7.71. The van der Waals surface area contributed by atoms with E-state index in [9.17, 15) is 17.2 Å². The van der Waals surface area contributed by atoms with Gasteiger partial charge in [0.1, 0.15) is 28.8 Å². The van der Waals surface area contributed by atoms with Crippen LogP contribution in [0.3, 0.4) is 0 Å². The second-order valence-corrected chi connectivity index (χ2v) is 9.52. The monoisotopic (exact) mass is 517 g/mol. The van der Waals surface area contributed by atoms with Crippen molar-refractivity contribution in [3.8, 4) is 22.8 Å². The first-order valence-electron chi connectivity index (χ1n) is 10.8. The normalized spacial score (nSPS) is 11.6. The maximum atomic E-state index is 15.2. The van der Waals surface area contributed by atoms with Gasteiger partial charge in [0.15, 0.2) is 0 Å². The van der Waals surface area contributed by atoms with Gasteiger partial charge in [0, 0.05) is 36.8 Å². The third kappa shape index (κ3) is 5.69. The second kappa shape index (κ2) is 10.8. The molecule has 4 aromatic rings. The molecule has 4 rings (SSSR count). The molecule has 0 aliphatic heterocycles. The number of halogens is 3. The number of hydrogen-bond acceptors (Lipinski definition) is 6. The van der Waals surface area contributed by atoms with Crippen LogP contribution in [0.1, 0.15) is 11.1 Å². The molecule has 0 saturated heterocycles. The van der Waals surface area contributed by atoms with E-state index in [1.807, 2.05) is 0 Å². The highest BCUT2D eigenvalue weighted by atomic mass is 32.2. The van der Waals surface area contributed by atoms with Crippen LogP contribution < -0.4 is 14.8 Å². The molecule has 7 nitrogen and oxygen atoms in total. The van der Waals surface area contributed by atoms with E-state index in [1.165, 1.54) is 55.0 Å². The molecule has 0 aliphatic rings. The predicted molar refractivity (Wildman–Crippen MR) is 127 cm³/mol. The van der Waals surface area contributed by atoms with Gasteiger partial charge in [-0.15, -0.1) is 0 Å². The summed E-state index contributed by atoms with van der Waals surface area (Å²) in [6.45, 7) is -2.47. The lowest BCUT2D eigenvalue weighted by molar-refractivity contribution is -0.0498. The summed E-state index contributed by atoms with van der Waals surface area (Å²) in [5, 5.41) is 2.96. The number of ether oxygens (including phenoxy) is 2. The summed E-state index contributed by atoms with van der Waals surface area (Å²) in [6.07, 6.45) is 4.14. The van der Waals surface area contributed by atoms with Crippen molar-refractivity contribution in [1.29, 1.82) is 0 Å². The van der Waals surface area contributed by atoms with Crippen molar-refractivity contribution in [2.24, 2.45) is 0 Å². The van der Waals surface area contributed by atoms with Crippen molar-refractivity contribution in [2.75, 3.05) is 7.05 Å². The molecule has 0 saturated carbocycles. The lowest BCUT2D eigenvalue weighted by Crippen LogP contribution is -2.14. The molecule has 0 spiro atoms. The van der Waals surface area contributed by atoms with Gasteiger partial charge in [0.05, 0.1) is 5.69 Å². The number of aromatic nitrogens is 2. The van der Waals surface area contributed by atoms with E-state index in [0.717, 1.165) is 10.0 Å². The zero-order valence-corrected chi connectivity index (χ0v) is 19.9. The molecule has 0 radical (unpaired) electrons. The molecule has 0 atom stereocenters. The van der Waals surface area contributed by atoms with Crippen molar-refractivity contribution in [3.63, 3.8) is 0 Å². The Kier molecular flexibility index (Phi) is 7.61. The van der Waals surface area contributed by atoms with Crippen LogP contribution in [0.2, 0.25) is 0 Å². The number of alkyl halides is 2. The average molecular weight is 518 g/mol. The molecule has 36 heavy (non-hydrogen) atoms. The number of benzene rings is 2. The minimum Gasteiger partial charge on any atom is -0.489 e. The minimum absolute atomic E-state index is 0.0195. The van der Waals surface area contributed by atoms with Crippen molar-refractivity contribution < 1.29 is 31.1 Å². The van der Waals surface area contributed by atoms with Crippen LogP contribution in [0.15, 0.2) is 84.1 Å². The molecule has 2 aromatic heterocycles. The van der Waals surface area contributed by atoms with Crippen molar-refractivity contribution in [1.82, 2.24) is 14.3 Å². The van der Waals surface area contributed by atoms with Crippen LogP contribution >= 0.6 is 0 Å². The largest absolute Gasteiger partial charge is 0.489 e. The third-order valence-electron chi connectivity index (χ3n) is 5.19. The Balaban J connectivity index is 1.59. The molecule has 2 heterocycles. The summed E-state index contributed by atoms with van der Waals surface area (Å²) in [7, 11) is -2.31. The maximum Gasteiger partial charge on any atom is 0.387 e. The van der Waals surface area contributed by atoms with E-state index in [2.05, 4.69) is 15.0 Å². The van der Waals surface area contributed by atoms with Gasteiger partial charge in [-0.05, 0) is 60.6 Å². The fourth-order valence-electron chi connectivity index (χ4n) is 3.53. The van der Waals surface area contributed by atoms with Crippen LogP contribution in [-0.2, 0) is 23.2 Å². The molecule has 11 heteroatoms. The summed E-state index contributed by atoms with van der Waals surface area (Å²) in [4.78, 5) is 3.85. The van der Waals surface area contributed by atoms with Crippen LogP contribution in [-0.4, -0.2) is 31.0 Å². The first-order valence-corrected chi connectivity index (χ1v) is 12.2. The number of nitrogens with one attached hydrogen (secondary N) is 1. The molecule has 2 aromatic carbocycles. The topological polar surface area (TPSA) is 82.5 Å². The molecular formula is C25H22F3N3O4S. The molecule has 0 bridgehead atoms. The third-order valence-corrected chi connectivity index (χ3v) is 6.84. The summed E-state index contributed by atoms with van der Waals surface area (Å²) in [5.74, 6) is -0.441. The molecule has 188 valence electrons. The van der Waals surface area contributed by atoms with Crippen molar-refractivity contribution in [3.05, 3.63) is 96.2 Å². The first-order chi connectivity index (χ1) is 17.3. The molecule has 0 amide bonds. The summed E-state index contributed by atoms with van der Waals surface area (Å²) >= 11 is 0. The van der Waals surface area contributed by atoms with E-state index < -0.39 is 22.5 Å². The quantitative estimate of drug-likeness (QED) is 0.325. The lowest BCUT2D eigenvalue weighted by Gasteiger charge is -2.12. The Labute approximate surface area is 206 Å². The van der Waals surface area contributed by atoms with E-state index in [-0.39, 0.29) is 34.3 Å². The average Bonchev–Trinajstić information content (AvgIpc) is 3.28. The predicted octanol–water partition coefficient (Wildman–Crippen LogP) is 4.83. The standard InChI is InChI=1S/C25H22F3N3O4S/c1-29-13-18-11-24(31(15-18)36(32,33)21-3-2-10-30-14-21)22-9-8-20(12-23(22)26)34-16-17-4-6-19(7-5-17)35-25(27)28/h2-12,14-15,25,29H,13,16H2,1H3. The van der Waals surface area contributed by atoms with Gasteiger partial charge in [0.25, 0.3) is 10.0 Å². The number of pyridine rings is 1. The Bertz CT molecular complexity index is 1430. The van der Waals surface area contributed by atoms with E-state index in [1.54, 1.807) is 25.2 Å². The number of rotatable bonds is 10. The SMILES string of the molecule is CNCc1cc(-c2ccc(OCc3ccc(OC(F)F)cc3)cc2F)n(S(=O)(=O)c2cccnc2)c1. The van der Waals surface area contributed by atoms with Gasteiger partial charge >= 0.3 is 6.61 Å². The first kappa shape index (κ1) is 25.3. The molecule has 0 unspecified atom stereocenters. The number of nitrogens with zero attached hydrogens (tertiary/aromatic N) is 2. The van der Waals surface area contributed by atoms with Gasteiger partial charge in [-0.3, -0.25) is 4.98 Å². The zero-order valence-electron chi connectivity index (χ0n) is 19.1. The van der Waals surface area contributed by atoms with E-state index >= 15 is 4.39 Å². The Morgan fingerprint density at radius 3 is 2.42 bits per heavy atom. The van der Waals surface area contributed by atoms with Crippen LogP contribution in [0, 0.1) is 5.82 Å². The Morgan fingerprint density at radius 1 is 1.03 bits per heavy atom. The minimum atomic E-state index is -4.03. The van der Waals surface area contributed by atoms with Gasteiger partial charge in [0.2, 0.25) is 0 Å². The van der Waals surface area contributed by atoms with Crippen molar-refractivity contribution >= 4 is 10.0 Å². The van der Waals surface area contributed by atoms with Gasteiger partial charge in [-0.25, -0.2) is 16.8 Å². The highest BCUT2D eigenvalue weighted by molar-refractivity contribution is 7.90. The van der Waals surface area contributed by atoms with E-state index in [0.29, 0.717) is 17.7 Å². The fourth-order valence-corrected chi connectivity index (χ4v) is 4.89. The molecule has 0 aliphatic carbocycles. The van der Waals surface area contributed by atoms with Gasteiger partial charge < -0.3 is 14.8 Å². The Morgan fingerprint density at radius 2 is 1.78 bits per heavy atom. The maximum absolute atomic E-state index is 15.2.